The van der Waals surface area contributed by atoms with E-state index < -0.39 is 0 Å². The van der Waals surface area contributed by atoms with Gasteiger partial charge in [-0.25, -0.2) is 0 Å². The first kappa shape index (κ1) is 11.5. The van der Waals surface area contributed by atoms with Gasteiger partial charge in [-0.2, -0.15) is 0 Å². The third-order valence-electron chi connectivity index (χ3n) is 3.96. The average Bonchev–Trinajstić information content (AvgIpc) is 2.41. The van der Waals surface area contributed by atoms with Crippen molar-refractivity contribution in [1.29, 1.82) is 0 Å². The maximum atomic E-state index is 3.48. The largest absolute Gasteiger partial charge is 0.312 e. The molecule has 0 bridgehead atoms. The molecule has 0 amide bonds. The van der Waals surface area contributed by atoms with Crippen LogP contribution in [0.4, 0.5) is 0 Å². The van der Waals surface area contributed by atoms with Crippen molar-refractivity contribution in [2.24, 2.45) is 0 Å². The lowest BCUT2D eigenvalue weighted by Crippen LogP contribution is -2.24. The highest BCUT2D eigenvalue weighted by molar-refractivity contribution is 5.70. The first-order valence-electron chi connectivity index (χ1n) is 6.65. The number of hydrogen-bond donors (Lipinski definition) is 1. The number of hydrogen-bond acceptors (Lipinski definition) is 1. The topological polar surface area (TPSA) is 12.0 Å². The van der Waals surface area contributed by atoms with Gasteiger partial charge in [0.1, 0.15) is 0 Å². The van der Waals surface area contributed by atoms with Gasteiger partial charge >= 0.3 is 0 Å². The average molecular weight is 237 g/mol. The van der Waals surface area contributed by atoms with Crippen LogP contribution in [-0.2, 0) is 13.0 Å². The second kappa shape index (κ2) is 4.58. The third kappa shape index (κ3) is 1.95. The van der Waals surface area contributed by atoms with Crippen molar-refractivity contribution in [2.45, 2.75) is 26.8 Å². The number of aryl methyl sites for hydroxylation is 2. The van der Waals surface area contributed by atoms with Crippen LogP contribution in [0.3, 0.4) is 0 Å². The Labute approximate surface area is 109 Å². The lowest BCUT2D eigenvalue weighted by atomic mass is 9.91. The van der Waals surface area contributed by atoms with E-state index in [-0.39, 0.29) is 0 Å². The minimum absolute atomic E-state index is 0.998. The van der Waals surface area contributed by atoms with Crippen LogP contribution in [0.2, 0.25) is 0 Å². The lowest BCUT2D eigenvalue weighted by Gasteiger charge is -2.21. The number of nitrogens with one attached hydrogen (secondary N) is 1. The molecule has 0 saturated heterocycles. The van der Waals surface area contributed by atoms with Crippen molar-refractivity contribution in [3.8, 4) is 11.1 Å². The van der Waals surface area contributed by atoms with E-state index in [1.165, 1.54) is 33.4 Å². The van der Waals surface area contributed by atoms with Crippen LogP contribution in [0, 0.1) is 13.8 Å². The molecule has 0 spiro atoms. The molecular formula is C17H19N. The van der Waals surface area contributed by atoms with Crippen molar-refractivity contribution in [3.05, 3.63) is 58.7 Å². The first-order chi connectivity index (χ1) is 8.75. The number of fused-ring (bicyclic) bond motifs is 1. The summed E-state index contributed by atoms with van der Waals surface area (Å²) in [5.41, 5.74) is 8.45. The highest BCUT2D eigenvalue weighted by atomic mass is 14.9. The number of rotatable bonds is 1. The molecule has 1 heterocycles. The summed E-state index contributed by atoms with van der Waals surface area (Å²) in [6.07, 6.45) is 1.15. The summed E-state index contributed by atoms with van der Waals surface area (Å²) in [6.45, 7) is 6.45. The molecule has 0 aliphatic carbocycles. The number of benzene rings is 2. The molecule has 1 aliphatic heterocycles. The molecular weight excluding hydrogens is 218 g/mol. The van der Waals surface area contributed by atoms with Crippen molar-refractivity contribution < 1.29 is 0 Å². The Morgan fingerprint density at radius 3 is 2.72 bits per heavy atom. The molecule has 0 saturated carbocycles. The van der Waals surface area contributed by atoms with E-state index in [9.17, 15) is 0 Å². The van der Waals surface area contributed by atoms with Gasteiger partial charge in [0.05, 0.1) is 0 Å². The molecule has 2 aromatic carbocycles. The van der Waals surface area contributed by atoms with Gasteiger partial charge in [-0.1, -0.05) is 36.4 Å². The third-order valence-corrected chi connectivity index (χ3v) is 3.96. The SMILES string of the molecule is Cc1ccc(-c2cccc3c2CNCC3)cc1C. The zero-order valence-corrected chi connectivity index (χ0v) is 11.1. The lowest BCUT2D eigenvalue weighted by molar-refractivity contribution is 0.645. The summed E-state index contributed by atoms with van der Waals surface area (Å²) < 4.78 is 0. The molecule has 1 N–H and O–H groups in total. The normalized spacial score (nSPS) is 14.3. The first-order valence-corrected chi connectivity index (χ1v) is 6.65. The maximum absolute atomic E-state index is 3.48. The second-order valence-corrected chi connectivity index (χ2v) is 5.17. The van der Waals surface area contributed by atoms with E-state index in [4.69, 9.17) is 0 Å². The summed E-state index contributed by atoms with van der Waals surface area (Å²) in [5.74, 6) is 0. The van der Waals surface area contributed by atoms with Gasteiger partial charge in [-0.05, 0) is 60.2 Å². The molecule has 0 unspecified atom stereocenters. The summed E-state index contributed by atoms with van der Waals surface area (Å²) in [5, 5.41) is 3.48. The standard InChI is InChI=1S/C17H19N/c1-12-6-7-15(10-13(12)2)16-5-3-4-14-8-9-18-11-17(14)16/h3-7,10,18H,8-9,11H2,1-2H3. The molecule has 18 heavy (non-hydrogen) atoms. The molecule has 3 rings (SSSR count). The molecule has 0 aromatic heterocycles. The van der Waals surface area contributed by atoms with Crippen LogP contribution >= 0.6 is 0 Å². The van der Waals surface area contributed by atoms with Crippen molar-refractivity contribution in [2.75, 3.05) is 6.54 Å². The smallest absolute Gasteiger partial charge is 0.0214 e. The van der Waals surface area contributed by atoms with E-state index in [0.717, 1.165) is 19.5 Å². The quantitative estimate of drug-likeness (QED) is 0.799. The Kier molecular flexibility index (Phi) is 2.92. The van der Waals surface area contributed by atoms with E-state index >= 15 is 0 Å². The van der Waals surface area contributed by atoms with Gasteiger partial charge in [0.2, 0.25) is 0 Å². The van der Waals surface area contributed by atoms with E-state index in [1.54, 1.807) is 0 Å². The van der Waals surface area contributed by atoms with E-state index in [0.29, 0.717) is 0 Å². The summed E-state index contributed by atoms with van der Waals surface area (Å²) in [4.78, 5) is 0. The van der Waals surface area contributed by atoms with Crippen LogP contribution in [0.15, 0.2) is 36.4 Å². The Hall–Kier alpha value is -1.60. The fourth-order valence-corrected chi connectivity index (χ4v) is 2.69. The van der Waals surface area contributed by atoms with Crippen molar-refractivity contribution in [3.63, 3.8) is 0 Å². The van der Waals surface area contributed by atoms with Crippen molar-refractivity contribution in [1.82, 2.24) is 5.32 Å². The monoisotopic (exact) mass is 237 g/mol. The Balaban J connectivity index is 2.13. The van der Waals surface area contributed by atoms with Gasteiger partial charge in [-0.3, -0.25) is 0 Å². The molecule has 0 radical (unpaired) electrons. The maximum Gasteiger partial charge on any atom is 0.0214 e. The van der Waals surface area contributed by atoms with Crippen LogP contribution in [-0.4, -0.2) is 6.54 Å². The molecule has 2 aromatic rings. The fourth-order valence-electron chi connectivity index (χ4n) is 2.69. The molecule has 0 fully saturated rings. The van der Waals surface area contributed by atoms with Gasteiger partial charge in [0.15, 0.2) is 0 Å². The Morgan fingerprint density at radius 1 is 1.00 bits per heavy atom. The van der Waals surface area contributed by atoms with Gasteiger partial charge in [0, 0.05) is 6.54 Å². The van der Waals surface area contributed by atoms with Crippen LogP contribution in [0.5, 0.6) is 0 Å². The van der Waals surface area contributed by atoms with E-state index in [1.807, 2.05) is 0 Å². The van der Waals surface area contributed by atoms with Gasteiger partial charge in [-0.15, -0.1) is 0 Å². The van der Waals surface area contributed by atoms with Crippen LogP contribution in [0.1, 0.15) is 22.3 Å². The summed E-state index contributed by atoms with van der Waals surface area (Å²) in [6, 6.07) is 13.5. The van der Waals surface area contributed by atoms with E-state index in [2.05, 4.69) is 55.6 Å². The van der Waals surface area contributed by atoms with Gasteiger partial charge in [0.25, 0.3) is 0 Å². The highest BCUT2D eigenvalue weighted by Crippen LogP contribution is 2.29. The Bertz CT molecular complexity index is 584. The van der Waals surface area contributed by atoms with Gasteiger partial charge < -0.3 is 5.32 Å². The van der Waals surface area contributed by atoms with Crippen LogP contribution < -0.4 is 5.32 Å². The zero-order chi connectivity index (χ0) is 12.5. The van der Waals surface area contributed by atoms with Crippen LogP contribution in [0.25, 0.3) is 11.1 Å². The highest BCUT2D eigenvalue weighted by Gasteiger charge is 2.13. The molecule has 1 heteroatoms. The second-order valence-electron chi connectivity index (χ2n) is 5.17. The molecule has 1 aliphatic rings. The summed E-state index contributed by atoms with van der Waals surface area (Å²) in [7, 11) is 0. The Morgan fingerprint density at radius 2 is 1.89 bits per heavy atom. The zero-order valence-electron chi connectivity index (χ0n) is 11.1. The minimum Gasteiger partial charge on any atom is -0.312 e. The molecule has 1 nitrogen and oxygen atoms in total. The molecule has 0 atom stereocenters. The van der Waals surface area contributed by atoms with Crippen molar-refractivity contribution >= 4 is 0 Å². The summed E-state index contributed by atoms with van der Waals surface area (Å²) >= 11 is 0. The predicted octanol–water partition coefficient (Wildman–Crippen LogP) is 3.62. The predicted molar refractivity (Wildman–Crippen MR) is 76.8 cm³/mol. The fraction of sp³-hybridized carbons (Fsp3) is 0.294. The minimum atomic E-state index is 0.998. The molecule has 92 valence electrons.